The van der Waals surface area contributed by atoms with Gasteiger partial charge in [0, 0.05) is 50.5 Å². The van der Waals surface area contributed by atoms with Crippen LogP contribution >= 0.6 is 11.8 Å². The Morgan fingerprint density at radius 3 is 2.97 bits per heavy atom. The van der Waals surface area contributed by atoms with E-state index in [4.69, 9.17) is 0 Å². The van der Waals surface area contributed by atoms with Gasteiger partial charge in [0.15, 0.2) is 0 Å². The first-order valence-corrected chi connectivity index (χ1v) is 11.4. The van der Waals surface area contributed by atoms with Crippen LogP contribution in [0.25, 0.3) is 0 Å². The smallest absolute Gasteiger partial charge is 0.267 e. The average Bonchev–Trinajstić information content (AvgIpc) is 2.73. The van der Waals surface area contributed by atoms with Crippen LogP contribution in [0.15, 0.2) is 28.0 Å². The molecule has 0 amide bonds. The van der Waals surface area contributed by atoms with E-state index in [-0.39, 0.29) is 11.1 Å². The number of thioether (sulfide) groups is 1. The van der Waals surface area contributed by atoms with Crippen LogP contribution in [0.5, 0.6) is 0 Å². The molecule has 9 heteroatoms. The molecule has 2 aliphatic heterocycles. The van der Waals surface area contributed by atoms with Gasteiger partial charge < -0.3 is 9.88 Å². The van der Waals surface area contributed by atoms with Gasteiger partial charge in [0.1, 0.15) is 5.82 Å². The number of nitrogens with zero attached hydrogens (tertiary/aromatic N) is 5. The van der Waals surface area contributed by atoms with Gasteiger partial charge in [-0.25, -0.2) is 9.67 Å². The number of anilines is 1. The number of hydrogen-bond acceptors (Lipinski definition) is 7. The van der Waals surface area contributed by atoms with Gasteiger partial charge in [-0.1, -0.05) is 6.42 Å². The summed E-state index contributed by atoms with van der Waals surface area (Å²) in [7, 11) is 1.69. The summed E-state index contributed by atoms with van der Waals surface area (Å²) >= 11 is 1.86. The molecular formula is C20H28N6O2S. The second-order valence-corrected chi connectivity index (χ2v) is 8.88. The molecular weight excluding hydrogens is 388 g/mol. The van der Waals surface area contributed by atoms with Crippen molar-refractivity contribution in [1.82, 2.24) is 24.2 Å². The van der Waals surface area contributed by atoms with Crippen LogP contribution in [0.2, 0.25) is 0 Å². The highest BCUT2D eigenvalue weighted by Gasteiger charge is 2.23. The van der Waals surface area contributed by atoms with Gasteiger partial charge in [0.2, 0.25) is 0 Å². The highest BCUT2D eigenvalue weighted by molar-refractivity contribution is 7.98. The Bertz CT molecular complexity index is 972. The fourth-order valence-corrected chi connectivity index (χ4v) is 4.95. The maximum absolute atomic E-state index is 12.4. The van der Waals surface area contributed by atoms with E-state index in [1.54, 1.807) is 17.8 Å². The minimum atomic E-state index is -0.0701. The van der Waals surface area contributed by atoms with E-state index < -0.39 is 0 Å². The van der Waals surface area contributed by atoms with Crippen molar-refractivity contribution >= 4 is 17.6 Å². The van der Waals surface area contributed by atoms with E-state index in [9.17, 15) is 9.59 Å². The molecule has 4 rings (SSSR count). The average molecular weight is 417 g/mol. The maximum Gasteiger partial charge on any atom is 0.267 e. The maximum atomic E-state index is 12.4. The van der Waals surface area contributed by atoms with Crippen LogP contribution < -0.4 is 16.4 Å². The molecule has 1 N–H and O–H groups in total. The Kier molecular flexibility index (Phi) is 6.34. The Morgan fingerprint density at radius 2 is 2.10 bits per heavy atom. The third-order valence-corrected chi connectivity index (χ3v) is 6.76. The molecule has 0 aromatic carbocycles. The van der Waals surface area contributed by atoms with Gasteiger partial charge in [-0.05, 0) is 30.7 Å². The van der Waals surface area contributed by atoms with Crippen molar-refractivity contribution < 1.29 is 0 Å². The summed E-state index contributed by atoms with van der Waals surface area (Å²) in [4.78, 5) is 30.9. The van der Waals surface area contributed by atoms with Crippen molar-refractivity contribution in [2.45, 2.75) is 44.0 Å². The molecule has 2 aromatic rings. The molecule has 0 bridgehead atoms. The number of nitrogens with one attached hydrogen (secondary N) is 1. The van der Waals surface area contributed by atoms with Crippen LogP contribution in [-0.2, 0) is 25.8 Å². The quantitative estimate of drug-likeness (QED) is 0.755. The first-order chi connectivity index (χ1) is 14.1. The van der Waals surface area contributed by atoms with Gasteiger partial charge in [-0.3, -0.25) is 14.5 Å². The van der Waals surface area contributed by atoms with Gasteiger partial charge in [-0.15, -0.1) is 0 Å². The second-order valence-electron chi connectivity index (χ2n) is 7.77. The zero-order valence-corrected chi connectivity index (χ0v) is 17.7. The summed E-state index contributed by atoms with van der Waals surface area (Å²) in [5.74, 6) is 2.59. The molecule has 2 aliphatic rings. The fraction of sp³-hybridized carbons (Fsp3) is 0.600. The molecule has 1 atom stereocenters. The number of hydrogen-bond donors (Lipinski definition) is 1. The molecule has 4 heterocycles. The van der Waals surface area contributed by atoms with E-state index in [0.29, 0.717) is 18.4 Å². The lowest BCUT2D eigenvalue weighted by Gasteiger charge is -2.36. The summed E-state index contributed by atoms with van der Waals surface area (Å²) in [5, 5.41) is 7.95. The topological polar surface area (TPSA) is 85.1 Å². The molecule has 0 radical (unpaired) electrons. The highest BCUT2D eigenvalue weighted by atomic mass is 32.2. The van der Waals surface area contributed by atoms with Gasteiger partial charge in [-0.2, -0.15) is 16.9 Å². The lowest BCUT2D eigenvalue weighted by atomic mass is 10.0. The van der Waals surface area contributed by atoms with Crippen molar-refractivity contribution in [3.05, 3.63) is 50.4 Å². The summed E-state index contributed by atoms with van der Waals surface area (Å²) in [6.07, 6.45) is 5.95. The van der Waals surface area contributed by atoms with E-state index >= 15 is 0 Å². The van der Waals surface area contributed by atoms with Crippen molar-refractivity contribution in [2.24, 2.45) is 7.05 Å². The Hall–Kier alpha value is -2.13. The second kappa shape index (κ2) is 9.13. The highest BCUT2D eigenvalue weighted by Crippen LogP contribution is 2.21. The third-order valence-electron chi connectivity index (χ3n) is 5.75. The Morgan fingerprint density at radius 1 is 1.21 bits per heavy atom. The minimum Gasteiger partial charge on any atom is -0.368 e. The first kappa shape index (κ1) is 20.2. The number of aryl methyl sites for hydroxylation is 2. The molecule has 0 spiro atoms. The number of aromatic nitrogens is 4. The summed E-state index contributed by atoms with van der Waals surface area (Å²) in [6.45, 7) is 3.17. The zero-order valence-electron chi connectivity index (χ0n) is 16.8. The first-order valence-electron chi connectivity index (χ1n) is 10.3. The molecule has 29 heavy (non-hydrogen) atoms. The van der Waals surface area contributed by atoms with Crippen molar-refractivity contribution in [3.63, 3.8) is 0 Å². The lowest BCUT2D eigenvalue weighted by molar-refractivity contribution is 0.147. The number of fused-ring (bicyclic) bond motifs is 1. The van der Waals surface area contributed by atoms with Crippen LogP contribution in [0, 0.1) is 0 Å². The molecule has 1 unspecified atom stereocenters. The molecule has 156 valence electrons. The standard InChI is InChI=1S/C20H28N6O2S/c1-24-14-22-18(11-19(24)27)21-12-16-4-2-3-6-25(16)7-8-26-20(28)10-15-13-29-9-5-17(15)23-26/h10-11,14,16,21H,2-9,12-13H2,1H3. The summed E-state index contributed by atoms with van der Waals surface area (Å²) in [6, 6.07) is 3.66. The van der Waals surface area contributed by atoms with E-state index in [2.05, 4.69) is 20.3 Å². The Balaban J connectivity index is 1.38. The molecule has 1 saturated heterocycles. The van der Waals surface area contributed by atoms with E-state index in [1.807, 2.05) is 11.8 Å². The minimum absolute atomic E-state index is 0.00210. The number of piperidine rings is 1. The number of likely N-dealkylation sites (tertiary alicyclic amines) is 1. The molecule has 0 aliphatic carbocycles. The van der Waals surface area contributed by atoms with Crippen molar-refractivity contribution in [1.29, 1.82) is 0 Å². The Labute approximate surface area is 174 Å². The molecule has 0 saturated carbocycles. The fourth-order valence-electron chi connectivity index (χ4n) is 4.00. The summed E-state index contributed by atoms with van der Waals surface area (Å²) < 4.78 is 3.09. The molecule has 2 aromatic heterocycles. The zero-order chi connectivity index (χ0) is 20.2. The normalized spacial score (nSPS) is 19.7. The van der Waals surface area contributed by atoms with Crippen LogP contribution in [0.4, 0.5) is 5.82 Å². The van der Waals surface area contributed by atoms with Crippen LogP contribution in [0.1, 0.15) is 30.5 Å². The van der Waals surface area contributed by atoms with E-state index in [0.717, 1.165) is 55.2 Å². The van der Waals surface area contributed by atoms with Gasteiger partial charge in [0.05, 0.1) is 18.6 Å². The van der Waals surface area contributed by atoms with Crippen molar-refractivity contribution in [2.75, 3.05) is 30.7 Å². The van der Waals surface area contributed by atoms with Crippen LogP contribution in [-0.4, -0.2) is 55.7 Å². The largest absolute Gasteiger partial charge is 0.368 e. The van der Waals surface area contributed by atoms with Crippen LogP contribution in [0.3, 0.4) is 0 Å². The monoisotopic (exact) mass is 416 g/mol. The van der Waals surface area contributed by atoms with Gasteiger partial charge >= 0.3 is 0 Å². The van der Waals surface area contributed by atoms with Crippen molar-refractivity contribution in [3.8, 4) is 0 Å². The predicted molar refractivity (Wildman–Crippen MR) is 116 cm³/mol. The third kappa shape index (κ3) is 4.90. The SMILES string of the molecule is Cn1cnc(NCC2CCCCN2CCn2nc3c(cc2=O)CSCC3)cc1=O. The van der Waals surface area contributed by atoms with E-state index in [1.165, 1.54) is 29.8 Å². The summed E-state index contributed by atoms with van der Waals surface area (Å²) in [5.41, 5.74) is 2.11. The lowest BCUT2D eigenvalue weighted by Crippen LogP contribution is -2.46. The number of rotatable bonds is 6. The molecule has 8 nitrogen and oxygen atoms in total. The predicted octanol–water partition coefficient (Wildman–Crippen LogP) is 1.09. The molecule has 1 fully saturated rings. The van der Waals surface area contributed by atoms with Gasteiger partial charge in [0.25, 0.3) is 11.1 Å².